The molecule has 0 aliphatic rings. The lowest BCUT2D eigenvalue weighted by Crippen LogP contribution is -1.81. The molecule has 0 heterocycles. The summed E-state index contributed by atoms with van der Waals surface area (Å²) in [5.74, 6) is 0.825. The normalized spacial score (nSPS) is 9.23. The molecule has 0 saturated carbocycles. The average Bonchev–Trinajstić information content (AvgIpc) is 2.15. The summed E-state index contributed by atoms with van der Waals surface area (Å²) in [7, 11) is 0. The van der Waals surface area contributed by atoms with Gasteiger partial charge < -0.3 is 0 Å². The molecular weight excluding hydrogens is 246 g/mol. The van der Waals surface area contributed by atoms with Crippen LogP contribution in [0.3, 0.4) is 0 Å². The molecule has 1 nitrogen and oxygen atoms in total. The minimum absolute atomic E-state index is 0.718. The summed E-state index contributed by atoms with van der Waals surface area (Å²) in [4.78, 5) is 0.997. The van der Waals surface area contributed by atoms with Crippen molar-refractivity contribution in [3.05, 3.63) is 40.9 Å². The van der Waals surface area contributed by atoms with E-state index in [1.54, 1.807) is 11.8 Å². The van der Waals surface area contributed by atoms with E-state index in [2.05, 4.69) is 28.6 Å². The SMILES string of the molecule is C=CCSc1cc(Br)ccc1C#N. The van der Waals surface area contributed by atoms with Gasteiger partial charge in [-0.2, -0.15) is 5.26 Å². The van der Waals surface area contributed by atoms with Gasteiger partial charge in [0.05, 0.1) is 5.56 Å². The highest BCUT2D eigenvalue weighted by molar-refractivity contribution is 9.10. The van der Waals surface area contributed by atoms with Gasteiger partial charge >= 0.3 is 0 Å². The Morgan fingerprint density at radius 2 is 2.38 bits per heavy atom. The first-order chi connectivity index (χ1) is 6.27. The third kappa shape index (κ3) is 2.91. The van der Waals surface area contributed by atoms with E-state index in [1.807, 2.05) is 24.3 Å². The van der Waals surface area contributed by atoms with Crippen LogP contribution < -0.4 is 0 Å². The van der Waals surface area contributed by atoms with E-state index in [1.165, 1.54) is 0 Å². The minimum atomic E-state index is 0.718. The lowest BCUT2D eigenvalue weighted by atomic mass is 10.2. The highest BCUT2D eigenvalue weighted by Gasteiger charge is 2.01. The first-order valence-electron chi connectivity index (χ1n) is 3.71. The van der Waals surface area contributed by atoms with Crippen molar-refractivity contribution in [3.8, 4) is 6.07 Å². The highest BCUT2D eigenvalue weighted by atomic mass is 79.9. The second-order valence-electron chi connectivity index (χ2n) is 2.35. The Balaban J connectivity index is 2.95. The minimum Gasteiger partial charge on any atom is -0.192 e. The molecule has 0 aliphatic carbocycles. The van der Waals surface area contributed by atoms with Crippen LogP contribution in [-0.4, -0.2) is 5.75 Å². The standard InChI is InChI=1S/C10H8BrNS/c1-2-5-13-10-6-9(11)4-3-8(10)7-12/h2-4,6H,1,5H2. The zero-order valence-electron chi connectivity index (χ0n) is 6.96. The van der Waals surface area contributed by atoms with Gasteiger partial charge in [0, 0.05) is 15.1 Å². The molecule has 1 aromatic rings. The molecule has 0 bridgehead atoms. The second kappa shape index (κ2) is 5.11. The number of rotatable bonds is 3. The summed E-state index contributed by atoms with van der Waals surface area (Å²) in [6.45, 7) is 3.64. The summed E-state index contributed by atoms with van der Waals surface area (Å²) in [6, 6.07) is 7.79. The summed E-state index contributed by atoms with van der Waals surface area (Å²) in [5, 5.41) is 8.80. The predicted octanol–water partition coefficient (Wildman–Crippen LogP) is 3.60. The van der Waals surface area contributed by atoms with Crippen molar-refractivity contribution >= 4 is 27.7 Å². The van der Waals surface area contributed by atoms with Crippen molar-refractivity contribution in [1.29, 1.82) is 5.26 Å². The van der Waals surface area contributed by atoms with E-state index in [0.717, 1.165) is 20.7 Å². The highest BCUT2D eigenvalue weighted by Crippen LogP contribution is 2.25. The Morgan fingerprint density at radius 1 is 1.62 bits per heavy atom. The molecule has 0 radical (unpaired) electrons. The van der Waals surface area contributed by atoms with Gasteiger partial charge in [-0.3, -0.25) is 0 Å². The van der Waals surface area contributed by atoms with Crippen LogP contribution in [0, 0.1) is 11.3 Å². The maximum Gasteiger partial charge on any atom is 0.100 e. The van der Waals surface area contributed by atoms with Gasteiger partial charge in [0.2, 0.25) is 0 Å². The third-order valence-electron chi connectivity index (χ3n) is 1.42. The van der Waals surface area contributed by atoms with Crippen LogP contribution in [0.4, 0.5) is 0 Å². The van der Waals surface area contributed by atoms with Crippen molar-refractivity contribution in [3.63, 3.8) is 0 Å². The van der Waals surface area contributed by atoms with Crippen molar-refractivity contribution in [2.24, 2.45) is 0 Å². The van der Waals surface area contributed by atoms with E-state index >= 15 is 0 Å². The fourth-order valence-corrected chi connectivity index (χ4v) is 2.15. The molecule has 0 atom stereocenters. The molecule has 0 aromatic heterocycles. The molecule has 0 unspecified atom stereocenters. The lowest BCUT2D eigenvalue weighted by molar-refractivity contribution is 1.35. The molecule has 0 fully saturated rings. The van der Waals surface area contributed by atoms with Crippen molar-refractivity contribution in [1.82, 2.24) is 0 Å². The summed E-state index contributed by atoms with van der Waals surface area (Å²) in [5.41, 5.74) is 0.718. The molecule has 1 rings (SSSR count). The number of hydrogen-bond donors (Lipinski definition) is 0. The number of benzene rings is 1. The molecule has 3 heteroatoms. The maximum absolute atomic E-state index is 8.80. The number of nitriles is 1. The van der Waals surface area contributed by atoms with E-state index in [0.29, 0.717) is 0 Å². The molecule has 13 heavy (non-hydrogen) atoms. The van der Waals surface area contributed by atoms with Gasteiger partial charge in [-0.1, -0.05) is 22.0 Å². The smallest absolute Gasteiger partial charge is 0.100 e. The van der Waals surface area contributed by atoms with Gasteiger partial charge in [0.1, 0.15) is 6.07 Å². The van der Waals surface area contributed by atoms with Crippen LogP contribution >= 0.6 is 27.7 Å². The number of thioether (sulfide) groups is 1. The van der Waals surface area contributed by atoms with Gasteiger partial charge in [0.25, 0.3) is 0 Å². The van der Waals surface area contributed by atoms with Gasteiger partial charge in [-0.25, -0.2) is 0 Å². The molecule has 0 aliphatic heterocycles. The zero-order chi connectivity index (χ0) is 9.68. The van der Waals surface area contributed by atoms with Crippen LogP contribution in [0.1, 0.15) is 5.56 Å². The summed E-state index contributed by atoms with van der Waals surface area (Å²) >= 11 is 4.98. The molecule has 1 aromatic carbocycles. The van der Waals surface area contributed by atoms with Gasteiger partial charge in [0.15, 0.2) is 0 Å². The van der Waals surface area contributed by atoms with Crippen molar-refractivity contribution in [2.75, 3.05) is 5.75 Å². The molecule has 0 saturated heterocycles. The van der Waals surface area contributed by atoms with E-state index < -0.39 is 0 Å². The van der Waals surface area contributed by atoms with E-state index in [9.17, 15) is 0 Å². The molecule has 0 amide bonds. The zero-order valence-corrected chi connectivity index (χ0v) is 9.36. The molecule has 66 valence electrons. The van der Waals surface area contributed by atoms with E-state index in [4.69, 9.17) is 5.26 Å². The van der Waals surface area contributed by atoms with Gasteiger partial charge in [-0.05, 0) is 18.2 Å². The first-order valence-corrected chi connectivity index (χ1v) is 5.49. The number of nitrogens with zero attached hydrogens (tertiary/aromatic N) is 1. The summed E-state index contributed by atoms with van der Waals surface area (Å²) in [6.07, 6.45) is 1.83. The maximum atomic E-state index is 8.80. The second-order valence-corrected chi connectivity index (χ2v) is 4.33. The van der Waals surface area contributed by atoms with Gasteiger partial charge in [-0.15, -0.1) is 18.3 Å². The summed E-state index contributed by atoms with van der Waals surface area (Å²) < 4.78 is 0.998. The Bertz CT molecular complexity index is 354. The van der Waals surface area contributed by atoms with Crippen molar-refractivity contribution in [2.45, 2.75) is 4.90 Å². The van der Waals surface area contributed by atoms with Crippen LogP contribution in [0.25, 0.3) is 0 Å². The van der Waals surface area contributed by atoms with Crippen LogP contribution in [0.2, 0.25) is 0 Å². The molecular formula is C10H8BrNS. The van der Waals surface area contributed by atoms with E-state index in [-0.39, 0.29) is 0 Å². The Kier molecular flexibility index (Phi) is 4.07. The fourth-order valence-electron chi connectivity index (χ4n) is 0.857. The fraction of sp³-hybridized carbons (Fsp3) is 0.100. The third-order valence-corrected chi connectivity index (χ3v) is 2.97. The topological polar surface area (TPSA) is 23.8 Å². The lowest BCUT2D eigenvalue weighted by Gasteiger charge is -2.01. The number of hydrogen-bond acceptors (Lipinski definition) is 2. The molecule has 0 N–H and O–H groups in total. The van der Waals surface area contributed by atoms with Crippen LogP contribution in [0.15, 0.2) is 40.2 Å². The van der Waals surface area contributed by atoms with Crippen LogP contribution in [-0.2, 0) is 0 Å². The largest absolute Gasteiger partial charge is 0.192 e. The average molecular weight is 254 g/mol. The quantitative estimate of drug-likeness (QED) is 0.607. The van der Waals surface area contributed by atoms with Crippen molar-refractivity contribution < 1.29 is 0 Å². The van der Waals surface area contributed by atoms with Crippen LogP contribution in [0.5, 0.6) is 0 Å². The number of halogens is 1. The molecule has 0 spiro atoms. The predicted molar refractivity (Wildman–Crippen MR) is 59.8 cm³/mol. The first kappa shape index (κ1) is 10.4. The Morgan fingerprint density at radius 3 is 3.00 bits per heavy atom. The Hall–Kier alpha value is -0.720. The Labute approximate surface area is 90.6 Å². The monoisotopic (exact) mass is 253 g/mol.